The number of hydrogen-bond donors (Lipinski definition) is 2. The molecule has 0 unspecified atom stereocenters. The van der Waals surface area contributed by atoms with E-state index in [-0.39, 0.29) is 6.10 Å². The Morgan fingerprint density at radius 3 is 2.53 bits per heavy atom. The summed E-state index contributed by atoms with van der Waals surface area (Å²) in [6.07, 6.45) is 3.74. The van der Waals surface area contributed by atoms with Gasteiger partial charge in [-0.2, -0.15) is 0 Å². The first-order valence-electron chi connectivity index (χ1n) is 6.88. The molecule has 98 valence electrons. The summed E-state index contributed by atoms with van der Waals surface area (Å²) in [6.45, 7) is 10.2. The van der Waals surface area contributed by atoms with E-state index < -0.39 is 5.60 Å². The Morgan fingerprint density at radius 1 is 1.29 bits per heavy atom. The third-order valence-corrected chi connectivity index (χ3v) is 5.04. The maximum Gasteiger partial charge on any atom is 0.0622 e. The van der Waals surface area contributed by atoms with Gasteiger partial charge < -0.3 is 10.2 Å². The van der Waals surface area contributed by atoms with E-state index in [2.05, 4.69) is 13.5 Å². The summed E-state index contributed by atoms with van der Waals surface area (Å²) >= 11 is 0. The maximum absolute atomic E-state index is 10.3. The van der Waals surface area contributed by atoms with Crippen LogP contribution in [0.2, 0.25) is 0 Å². The van der Waals surface area contributed by atoms with Crippen molar-refractivity contribution in [3.63, 3.8) is 0 Å². The molecule has 2 rings (SSSR count). The monoisotopic (exact) mass is 238 g/mol. The highest BCUT2D eigenvalue weighted by molar-refractivity contribution is 5.12. The molecular weight excluding hydrogens is 212 g/mol. The summed E-state index contributed by atoms with van der Waals surface area (Å²) in [7, 11) is 0. The predicted molar refractivity (Wildman–Crippen MR) is 69.5 cm³/mol. The second-order valence-corrected chi connectivity index (χ2v) is 6.74. The van der Waals surface area contributed by atoms with Crippen LogP contribution in [0.25, 0.3) is 0 Å². The molecule has 0 bridgehead atoms. The van der Waals surface area contributed by atoms with E-state index in [1.807, 2.05) is 13.8 Å². The van der Waals surface area contributed by atoms with Crippen molar-refractivity contribution in [1.82, 2.24) is 0 Å². The Morgan fingerprint density at radius 2 is 1.94 bits per heavy atom. The summed E-state index contributed by atoms with van der Waals surface area (Å²) in [6, 6.07) is 0. The minimum absolute atomic E-state index is 0.187. The topological polar surface area (TPSA) is 40.5 Å². The zero-order chi connectivity index (χ0) is 12.8. The molecule has 5 atom stereocenters. The molecule has 2 N–H and O–H groups in total. The normalized spacial score (nSPS) is 43.4. The van der Waals surface area contributed by atoms with Crippen LogP contribution in [-0.2, 0) is 0 Å². The highest BCUT2D eigenvalue weighted by Crippen LogP contribution is 2.50. The third kappa shape index (κ3) is 2.43. The van der Waals surface area contributed by atoms with Gasteiger partial charge in [-0.1, -0.05) is 19.1 Å². The van der Waals surface area contributed by atoms with Crippen LogP contribution >= 0.6 is 0 Å². The number of allylic oxidation sites excluding steroid dienone is 1. The molecule has 0 amide bonds. The van der Waals surface area contributed by atoms with Crippen LogP contribution in [0, 0.1) is 23.7 Å². The molecule has 0 saturated heterocycles. The Balaban J connectivity index is 2.22. The highest BCUT2D eigenvalue weighted by atomic mass is 16.3. The van der Waals surface area contributed by atoms with E-state index in [0.29, 0.717) is 23.7 Å². The molecule has 0 radical (unpaired) electrons. The Bertz CT molecular complexity index is 303. The molecule has 0 heterocycles. The first-order valence-corrected chi connectivity index (χ1v) is 6.88. The van der Waals surface area contributed by atoms with Crippen LogP contribution in [-0.4, -0.2) is 21.9 Å². The standard InChI is InChI=1S/C15H26O2/c1-9-5-6-13(15(3,4)17)12-7-10(2)14(16)8-11(9)12/h10-14,16-17H,1,5-8H2,2-4H3/t10-,11-,12+,13+,14+/m0/s1. The van der Waals surface area contributed by atoms with Crippen molar-refractivity contribution in [3.8, 4) is 0 Å². The molecule has 2 heteroatoms. The lowest BCUT2D eigenvalue weighted by Gasteiger charge is -2.49. The van der Waals surface area contributed by atoms with Crippen molar-refractivity contribution in [1.29, 1.82) is 0 Å². The van der Waals surface area contributed by atoms with Crippen molar-refractivity contribution in [2.45, 2.75) is 58.2 Å². The van der Waals surface area contributed by atoms with Crippen molar-refractivity contribution in [2.75, 3.05) is 0 Å². The second kappa shape index (κ2) is 4.40. The fourth-order valence-electron chi connectivity index (χ4n) is 3.95. The van der Waals surface area contributed by atoms with Gasteiger partial charge in [0.2, 0.25) is 0 Å². The molecule has 2 saturated carbocycles. The summed E-state index contributed by atoms with van der Waals surface area (Å²) in [5.41, 5.74) is 0.687. The lowest BCUT2D eigenvalue weighted by molar-refractivity contribution is -0.0708. The molecule has 0 aromatic rings. The molecule has 2 aliphatic rings. The summed E-state index contributed by atoms with van der Waals surface area (Å²) in [5, 5.41) is 20.3. The zero-order valence-corrected chi connectivity index (χ0v) is 11.3. The summed E-state index contributed by atoms with van der Waals surface area (Å²) < 4.78 is 0. The van der Waals surface area contributed by atoms with E-state index in [4.69, 9.17) is 0 Å². The number of aliphatic hydroxyl groups excluding tert-OH is 1. The average molecular weight is 238 g/mol. The number of aliphatic hydroxyl groups is 2. The predicted octanol–water partition coefficient (Wildman–Crippen LogP) is 2.75. The van der Waals surface area contributed by atoms with Crippen molar-refractivity contribution in [2.24, 2.45) is 23.7 Å². The van der Waals surface area contributed by atoms with E-state index in [1.54, 1.807) is 0 Å². The third-order valence-electron chi connectivity index (χ3n) is 5.04. The van der Waals surface area contributed by atoms with Crippen LogP contribution in [0.1, 0.15) is 46.5 Å². The second-order valence-electron chi connectivity index (χ2n) is 6.74. The highest BCUT2D eigenvalue weighted by Gasteiger charge is 2.46. The molecule has 2 aliphatic carbocycles. The first kappa shape index (κ1) is 13.1. The van der Waals surface area contributed by atoms with Gasteiger partial charge in [0.1, 0.15) is 0 Å². The van der Waals surface area contributed by atoms with Gasteiger partial charge in [-0.05, 0) is 63.2 Å². The van der Waals surface area contributed by atoms with Gasteiger partial charge in [0, 0.05) is 0 Å². The smallest absolute Gasteiger partial charge is 0.0622 e. The minimum Gasteiger partial charge on any atom is -0.393 e. The van der Waals surface area contributed by atoms with Crippen molar-refractivity contribution >= 4 is 0 Å². The lowest BCUT2D eigenvalue weighted by atomic mass is 9.58. The SMILES string of the molecule is C=C1CC[C@@H](C(C)(C)O)[C@@H]2C[C@H](C)[C@H](O)C[C@@H]12. The van der Waals surface area contributed by atoms with Gasteiger partial charge in [0.15, 0.2) is 0 Å². The van der Waals surface area contributed by atoms with Gasteiger partial charge >= 0.3 is 0 Å². The largest absolute Gasteiger partial charge is 0.393 e. The van der Waals surface area contributed by atoms with Crippen molar-refractivity contribution in [3.05, 3.63) is 12.2 Å². The number of rotatable bonds is 1. The van der Waals surface area contributed by atoms with Gasteiger partial charge in [0.25, 0.3) is 0 Å². The van der Waals surface area contributed by atoms with Crippen molar-refractivity contribution < 1.29 is 10.2 Å². The molecule has 17 heavy (non-hydrogen) atoms. The molecule has 0 aromatic heterocycles. The summed E-state index contributed by atoms with van der Waals surface area (Å²) in [5.74, 6) is 1.64. The minimum atomic E-state index is -0.606. The maximum atomic E-state index is 10.3. The van der Waals surface area contributed by atoms with E-state index in [0.717, 1.165) is 25.7 Å². The molecule has 0 aromatic carbocycles. The number of hydrogen-bond acceptors (Lipinski definition) is 2. The van der Waals surface area contributed by atoms with E-state index in [1.165, 1.54) is 5.57 Å². The van der Waals surface area contributed by atoms with E-state index >= 15 is 0 Å². The van der Waals surface area contributed by atoms with Crippen LogP contribution in [0.3, 0.4) is 0 Å². The number of fused-ring (bicyclic) bond motifs is 1. The fourth-order valence-corrected chi connectivity index (χ4v) is 3.95. The van der Waals surface area contributed by atoms with Crippen LogP contribution in [0.5, 0.6) is 0 Å². The molecule has 0 aliphatic heterocycles. The first-order chi connectivity index (χ1) is 7.80. The van der Waals surface area contributed by atoms with E-state index in [9.17, 15) is 10.2 Å². The van der Waals surface area contributed by atoms with Crippen LogP contribution in [0.4, 0.5) is 0 Å². The Hall–Kier alpha value is -0.340. The van der Waals surface area contributed by atoms with Crippen LogP contribution in [0.15, 0.2) is 12.2 Å². The molecular formula is C15H26O2. The van der Waals surface area contributed by atoms with Gasteiger partial charge in [-0.15, -0.1) is 0 Å². The van der Waals surface area contributed by atoms with Gasteiger partial charge in [0.05, 0.1) is 11.7 Å². The molecule has 2 nitrogen and oxygen atoms in total. The quantitative estimate of drug-likeness (QED) is 0.690. The fraction of sp³-hybridized carbons (Fsp3) is 0.867. The zero-order valence-electron chi connectivity index (χ0n) is 11.3. The lowest BCUT2D eigenvalue weighted by Crippen LogP contribution is -2.47. The van der Waals surface area contributed by atoms with Gasteiger partial charge in [-0.25, -0.2) is 0 Å². The molecule has 0 spiro atoms. The summed E-state index contributed by atoms with van der Waals surface area (Å²) in [4.78, 5) is 0. The van der Waals surface area contributed by atoms with Gasteiger partial charge in [-0.3, -0.25) is 0 Å². The molecule has 2 fully saturated rings. The Labute approximate surface area is 105 Å². The Kier molecular flexibility index (Phi) is 3.39. The average Bonchev–Trinajstić information content (AvgIpc) is 2.19. The van der Waals surface area contributed by atoms with Crippen LogP contribution < -0.4 is 0 Å².